The monoisotopic (exact) mass is 446 g/mol. The van der Waals surface area contributed by atoms with E-state index in [0.29, 0.717) is 24.8 Å². The Morgan fingerprint density at radius 1 is 1.12 bits per heavy atom. The van der Waals surface area contributed by atoms with Crippen LogP contribution in [-0.4, -0.2) is 43.4 Å². The van der Waals surface area contributed by atoms with Crippen LogP contribution in [0, 0.1) is 6.92 Å². The van der Waals surface area contributed by atoms with Crippen LogP contribution in [0.2, 0.25) is 0 Å². The molecule has 9 heteroatoms. The summed E-state index contributed by atoms with van der Waals surface area (Å²) in [5.41, 5.74) is 4.09. The summed E-state index contributed by atoms with van der Waals surface area (Å²) in [6.07, 6.45) is 7.23. The molecule has 0 spiro atoms. The van der Waals surface area contributed by atoms with Crippen LogP contribution < -0.4 is 15.7 Å². The standard InChI is InChI=1S/C24H26N6O3/c1-14-11-19-17-12-18(14)27-23-26-13-20-22(28-23)30(24(31)29(20)2)15-3-5-16(6-4-15)32-9-10-33-21(17)7-8-25-19/h7-8,11-13,15-16H,3-6,9-10H2,1-2H3,(H,26,27,28). The number of anilines is 2. The number of nitrogens with one attached hydrogen (secondary N) is 1. The molecule has 170 valence electrons. The lowest BCUT2D eigenvalue weighted by molar-refractivity contribution is 0.00557. The molecule has 2 aliphatic heterocycles. The van der Waals surface area contributed by atoms with Crippen molar-refractivity contribution in [2.75, 3.05) is 18.5 Å². The molecule has 1 N–H and O–H groups in total. The first-order valence-corrected chi connectivity index (χ1v) is 11.4. The number of ether oxygens (including phenoxy) is 2. The van der Waals surface area contributed by atoms with Gasteiger partial charge in [-0.3, -0.25) is 14.1 Å². The maximum Gasteiger partial charge on any atom is 0.330 e. The van der Waals surface area contributed by atoms with Gasteiger partial charge in [0.05, 0.1) is 24.4 Å². The topological polar surface area (TPSA) is 96.1 Å². The summed E-state index contributed by atoms with van der Waals surface area (Å²) in [6, 6.07) is 6.02. The zero-order valence-electron chi connectivity index (χ0n) is 18.7. The molecule has 5 heterocycles. The predicted octanol–water partition coefficient (Wildman–Crippen LogP) is 3.62. The summed E-state index contributed by atoms with van der Waals surface area (Å²) in [5.74, 6) is 1.23. The molecule has 0 radical (unpaired) electrons. The van der Waals surface area contributed by atoms with Gasteiger partial charge in [0, 0.05) is 30.4 Å². The molecule has 9 nitrogen and oxygen atoms in total. The predicted molar refractivity (Wildman–Crippen MR) is 125 cm³/mol. The van der Waals surface area contributed by atoms with Gasteiger partial charge in [-0.05, 0) is 56.4 Å². The molecule has 1 saturated carbocycles. The van der Waals surface area contributed by atoms with Crippen LogP contribution in [0.4, 0.5) is 11.6 Å². The molecule has 1 aliphatic carbocycles. The van der Waals surface area contributed by atoms with Crippen molar-refractivity contribution >= 4 is 33.7 Å². The maximum absolute atomic E-state index is 13.1. The van der Waals surface area contributed by atoms with Gasteiger partial charge in [0.15, 0.2) is 5.65 Å². The van der Waals surface area contributed by atoms with Crippen molar-refractivity contribution < 1.29 is 9.47 Å². The van der Waals surface area contributed by atoms with E-state index in [1.54, 1.807) is 24.0 Å². The van der Waals surface area contributed by atoms with Crippen molar-refractivity contribution in [3.8, 4) is 5.75 Å². The van der Waals surface area contributed by atoms with Crippen molar-refractivity contribution in [2.45, 2.75) is 44.8 Å². The molecule has 0 atom stereocenters. The van der Waals surface area contributed by atoms with Crippen LogP contribution in [-0.2, 0) is 11.8 Å². The lowest BCUT2D eigenvalue weighted by atomic mass is 9.93. The quantitative estimate of drug-likeness (QED) is 0.441. The lowest BCUT2D eigenvalue weighted by Gasteiger charge is -2.29. The minimum Gasteiger partial charge on any atom is -0.490 e. The Balaban J connectivity index is 1.51. The van der Waals surface area contributed by atoms with Crippen molar-refractivity contribution in [1.29, 1.82) is 0 Å². The largest absolute Gasteiger partial charge is 0.490 e. The van der Waals surface area contributed by atoms with Crippen LogP contribution in [0.25, 0.3) is 22.1 Å². The molecule has 4 aromatic rings. The van der Waals surface area contributed by atoms with Crippen LogP contribution in [0.1, 0.15) is 37.3 Å². The Morgan fingerprint density at radius 3 is 2.82 bits per heavy atom. The summed E-state index contributed by atoms with van der Waals surface area (Å²) in [4.78, 5) is 26.9. The fraction of sp³-hybridized carbons (Fsp3) is 0.417. The van der Waals surface area contributed by atoms with Crippen LogP contribution in [0.3, 0.4) is 0 Å². The Morgan fingerprint density at radius 2 is 1.97 bits per heavy atom. The molecule has 1 aromatic carbocycles. The molecule has 0 unspecified atom stereocenters. The number of aryl methyl sites for hydroxylation is 2. The summed E-state index contributed by atoms with van der Waals surface area (Å²) in [6.45, 7) is 3.01. The third-order valence-electron chi connectivity index (χ3n) is 6.83. The van der Waals surface area contributed by atoms with E-state index in [0.717, 1.165) is 59.1 Å². The highest BCUT2D eigenvalue weighted by molar-refractivity contribution is 5.90. The van der Waals surface area contributed by atoms with Gasteiger partial charge in [-0.15, -0.1) is 0 Å². The van der Waals surface area contributed by atoms with Gasteiger partial charge in [-0.25, -0.2) is 9.78 Å². The van der Waals surface area contributed by atoms with E-state index in [9.17, 15) is 4.79 Å². The maximum atomic E-state index is 13.1. The van der Waals surface area contributed by atoms with E-state index >= 15 is 0 Å². The highest BCUT2D eigenvalue weighted by Gasteiger charge is 2.27. The second-order valence-electron chi connectivity index (χ2n) is 8.88. The Labute approximate surface area is 190 Å². The second kappa shape index (κ2) is 7.84. The second-order valence-corrected chi connectivity index (χ2v) is 8.88. The van der Waals surface area contributed by atoms with Gasteiger partial charge >= 0.3 is 5.69 Å². The number of nitrogens with zero attached hydrogens (tertiary/aromatic N) is 5. The number of benzene rings is 1. The summed E-state index contributed by atoms with van der Waals surface area (Å²) in [7, 11) is 1.78. The fourth-order valence-corrected chi connectivity index (χ4v) is 5.01. The summed E-state index contributed by atoms with van der Waals surface area (Å²) < 4.78 is 15.7. The Bertz CT molecular complexity index is 1420. The molecule has 0 saturated heterocycles. The first kappa shape index (κ1) is 20.2. The number of hydrogen-bond acceptors (Lipinski definition) is 7. The molecule has 33 heavy (non-hydrogen) atoms. The average molecular weight is 447 g/mol. The van der Waals surface area contributed by atoms with E-state index in [1.165, 1.54) is 0 Å². The molecular formula is C24H26N6O3. The molecule has 1 fully saturated rings. The van der Waals surface area contributed by atoms with Gasteiger partial charge in [-0.2, -0.15) is 4.98 Å². The highest BCUT2D eigenvalue weighted by atomic mass is 16.5. The fourth-order valence-electron chi connectivity index (χ4n) is 5.01. The number of fused-ring (bicyclic) bond motifs is 5. The van der Waals surface area contributed by atoms with Crippen molar-refractivity contribution in [3.63, 3.8) is 0 Å². The number of hydrogen-bond donors (Lipinski definition) is 1. The van der Waals surface area contributed by atoms with Crippen molar-refractivity contribution in [1.82, 2.24) is 24.1 Å². The SMILES string of the molecule is Cc1cc2nccc3c2cc1Nc1ncc2c(n1)n(c(=O)n2C)C1CCC(CC1)OCCO3. The highest BCUT2D eigenvalue weighted by Crippen LogP contribution is 2.33. The third kappa shape index (κ3) is 3.43. The minimum atomic E-state index is -0.0512. The van der Waals surface area contributed by atoms with Gasteiger partial charge in [-0.1, -0.05) is 0 Å². The number of rotatable bonds is 0. The minimum absolute atomic E-state index is 0.0512. The molecule has 6 bridgehead atoms. The van der Waals surface area contributed by atoms with E-state index in [-0.39, 0.29) is 17.8 Å². The van der Waals surface area contributed by atoms with Crippen LogP contribution in [0.5, 0.6) is 5.75 Å². The number of aromatic nitrogens is 5. The van der Waals surface area contributed by atoms with E-state index in [1.807, 2.05) is 29.7 Å². The zero-order chi connectivity index (χ0) is 22.5. The van der Waals surface area contributed by atoms with E-state index < -0.39 is 0 Å². The van der Waals surface area contributed by atoms with Crippen LogP contribution >= 0.6 is 0 Å². The number of imidazole rings is 1. The van der Waals surface area contributed by atoms with Gasteiger partial charge < -0.3 is 14.8 Å². The summed E-state index contributed by atoms with van der Waals surface area (Å²) >= 11 is 0. The van der Waals surface area contributed by atoms with Gasteiger partial charge in [0.2, 0.25) is 5.95 Å². The van der Waals surface area contributed by atoms with E-state index in [4.69, 9.17) is 14.5 Å². The van der Waals surface area contributed by atoms with Crippen molar-refractivity contribution in [3.05, 3.63) is 46.6 Å². The smallest absolute Gasteiger partial charge is 0.330 e. The third-order valence-corrected chi connectivity index (χ3v) is 6.83. The molecule has 3 aliphatic rings. The van der Waals surface area contributed by atoms with Crippen molar-refractivity contribution in [2.24, 2.45) is 7.05 Å². The Kier molecular flexibility index (Phi) is 4.79. The molecular weight excluding hydrogens is 420 g/mol. The lowest BCUT2D eigenvalue weighted by Crippen LogP contribution is -2.31. The normalized spacial score (nSPS) is 20.8. The molecule has 0 amide bonds. The van der Waals surface area contributed by atoms with E-state index in [2.05, 4.69) is 15.3 Å². The Hall–Kier alpha value is -3.46. The molecule has 7 rings (SSSR count). The van der Waals surface area contributed by atoms with Crippen LogP contribution in [0.15, 0.2) is 35.4 Å². The van der Waals surface area contributed by atoms with Gasteiger partial charge in [0.1, 0.15) is 17.9 Å². The first-order chi connectivity index (χ1) is 16.1. The number of pyridine rings is 1. The summed E-state index contributed by atoms with van der Waals surface area (Å²) in [5, 5.41) is 4.26. The van der Waals surface area contributed by atoms with Gasteiger partial charge in [0.25, 0.3) is 0 Å². The first-order valence-electron chi connectivity index (χ1n) is 11.4. The average Bonchev–Trinajstić information content (AvgIpc) is 3.07. The molecule has 3 aromatic heterocycles. The zero-order valence-corrected chi connectivity index (χ0v) is 18.7.